The van der Waals surface area contributed by atoms with Crippen LogP contribution in [0.4, 0.5) is 10.6 Å². The predicted molar refractivity (Wildman–Crippen MR) is 103 cm³/mol. The first-order valence-electron chi connectivity index (χ1n) is 9.06. The molecule has 2 rings (SSSR count). The highest BCUT2D eigenvalue weighted by molar-refractivity contribution is 6.30. The standard InChI is InChI=1S/C18H26ClN5O3/c1-12(2)8-21-18(27)23-16(25)11-24-7-3-4-13(10-24)17(26)22-15-6-5-14(19)9-20-15/h5-6,9,12-13H,3-4,7-8,10-11H2,1-2H3,(H,20,22,26)(H2,21,23,25,27). The van der Waals surface area contributed by atoms with E-state index in [1.165, 1.54) is 6.20 Å². The third-order valence-electron chi connectivity index (χ3n) is 4.15. The van der Waals surface area contributed by atoms with Crippen LogP contribution in [0.2, 0.25) is 5.02 Å². The summed E-state index contributed by atoms with van der Waals surface area (Å²) in [5.41, 5.74) is 0. The maximum atomic E-state index is 12.4. The molecule has 0 aromatic carbocycles. The van der Waals surface area contributed by atoms with Gasteiger partial charge < -0.3 is 10.6 Å². The van der Waals surface area contributed by atoms with Crippen LogP contribution in [-0.4, -0.2) is 53.9 Å². The molecule has 1 saturated heterocycles. The Morgan fingerprint density at radius 2 is 2.11 bits per heavy atom. The summed E-state index contributed by atoms with van der Waals surface area (Å²) in [4.78, 5) is 42.1. The number of hydrogen-bond acceptors (Lipinski definition) is 5. The van der Waals surface area contributed by atoms with Gasteiger partial charge in [-0.15, -0.1) is 0 Å². The van der Waals surface area contributed by atoms with Crippen LogP contribution in [0.25, 0.3) is 0 Å². The van der Waals surface area contributed by atoms with Gasteiger partial charge in [-0.2, -0.15) is 0 Å². The van der Waals surface area contributed by atoms with E-state index >= 15 is 0 Å². The van der Waals surface area contributed by atoms with Gasteiger partial charge in [0.1, 0.15) is 5.82 Å². The number of nitrogens with zero attached hydrogens (tertiary/aromatic N) is 2. The average Bonchev–Trinajstić information content (AvgIpc) is 2.62. The van der Waals surface area contributed by atoms with Gasteiger partial charge in [0.2, 0.25) is 11.8 Å². The Bertz CT molecular complexity index is 665. The summed E-state index contributed by atoms with van der Waals surface area (Å²) >= 11 is 5.79. The van der Waals surface area contributed by atoms with Crippen molar-refractivity contribution in [3.8, 4) is 0 Å². The fraction of sp³-hybridized carbons (Fsp3) is 0.556. The van der Waals surface area contributed by atoms with Gasteiger partial charge in [-0.05, 0) is 37.4 Å². The van der Waals surface area contributed by atoms with Gasteiger partial charge in [0.25, 0.3) is 0 Å². The molecule has 1 fully saturated rings. The highest BCUT2D eigenvalue weighted by Gasteiger charge is 2.27. The number of anilines is 1. The minimum Gasteiger partial charge on any atom is -0.338 e. The number of urea groups is 1. The van der Waals surface area contributed by atoms with E-state index in [2.05, 4.69) is 20.9 Å². The van der Waals surface area contributed by atoms with Crippen molar-refractivity contribution >= 4 is 35.3 Å². The Balaban J connectivity index is 1.79. The molecule has 0 spiro atoms. The Labute approximate surface area is 164 Å². The maximum Gasteiger partial charge on any atom is 0.321 e. The maximum absolute atomic E-state index is 12.4. The summed E-state index contributed by atoms with van der Waals surface area (Å²) in [6, 6.07) is 2.81. The van der Waals surface area contributed by atoms with E-state index in [0.29, 0.717) is 36.4 Å². The SMILES string of the molecule is CC(C)CNC(=O)NC(=O)CN1CCCC(C(=O)Nc2ccc(Cl)cn2)C1. The van der Waals surface area contributed by atoms with Crippen LogP contribution in [0.1, 0.15) is 26.7 Å². The number of aromatic nitrogens is 1. The molecule has 0 bridgehead atoms. The first-order valence-corrected chi connectivity index (χ1v) is 9.43. The van der Waals surface area contributed by atoms with Gasteiger partial charge >= 0.3 is 6.03 Å². The highest BCUT2D eigenvalue weighted by Crippen LogP contribution is 2.18. The molecule has 4 amide bonds. The second kappa shape index (κ2) is 10.2. The number of imide groups is 1. The zero-order valence-electron chi connectivity index (χ0n) is 15.6. The molecule has 0 radical (unpaired) electrons. The van der Waals surface area contributed by atoms with Crippen LogP contribution in [0, 0.1) is 11.8 Å². The minimum absolute atomic E-state index is 0.0814. The molecular weight excluding hydrogens is 370 g/mol. The highest BCUT2D eigenvalue weighted by atomic mass is 35.5. The number of likely N-dealkylation sites (tertiary alicyclic amines) is 1. The first kappa shape index (κ1) is 21.1. The van der Waals surface area contributed by atoms with Crippen molar-refractivity contribution < 1.29 is 14.4 Å². The summed E-state index contributed by atoms with van der Waals surface area (Å²) in [6.45, 7) is 5.70. The van der Waals surface area contributed by atoms with E-state index in [1.54, 1.807) is 12.1 Å². The summed E-state index contributed by atoms with van der Waals surface area (Å²) in [7, 11) is 0. The van der Waals surface area contributed by atoms with E-state index in [9.17, 15) is 14.4 Å². The number of carbonyl (C=O) groups excluding carboxylic acids is 3. The van der Waals surface area contributed by atoms with Gasteiger partial charge in [0, 0.05) is 19.3 Å². The van der Waals surface area contributed by atoms with Gasteiger partial charge in [-0.3, -0.25) is 19.8 Å². The number of pyridine rings is 1. The van der Waals surface area contributed by atoms with Crippen LogP contribution in [0.5, 0.6) is 0 Å². The molecule has 1 aromatic heterocycles. The molecule has 1 aromatic rings. The molecule has 27 heavy (non-hydrogen) atoms. The number of carbonyl (C=O) groups is 3. The van der Waals surface area contributed by atoms with Crippen LogP contribution in [0.3, 0.4) is 0 Å². The number of rotatable bonds is 6. The number of halogens is 1. The molecule has 1 unspecified atom stereocenters. The Morgan fingerprint density at radius 3 is 2.78 bits per heavy atom. The van der Waals surface area contributed by atoms with Crippen molar-refractivity contribution in [1.29, 1.82) is 0 Å². The molecule has 1 aliphatic heterocycles. The van der Waals surface area contributed by atoms with Gasteiger partial charge in [0.05, 0.1) is 17.5 Å². The molecular formula is C18H26ClN5O3. The van der Waals surface area contributed by atoms with Crippen LogP contribution >= 0.6 is 11.6 Å². The van der Waals surface area contributed by atoms with Crippen molar-refractivity contribution in [2.24, 2.45) is 11.8 Å². The molecule has 3 N–H and O–H groups in total. The third kappa shape index (κ3) is 7.52. The monoisotopic (exact) mass is 395 g/mol. The van der Waals surface area contributed by atoms with Crippen LogP contribution in [-0.2, 0) is 9.59 Å². The predicted octanol–water partition coefficient (Wildman–Crippen LogP) is 1.87. The van der Waals surface area contributed by atoms with Gasteiger partial charge in [0.15, 0.2) is 0 Å². The fourth-order valence-electron chi connectivity index (χ4n) is 2.80. The molecule has 8 nitrogen and oxygen atoms in total. The molecule has 0 saturated carbocycles. The van der Waals surface area contributed by atoms with E-state index in [0.717, 1.165) is 12.8 Å². The smallest absolute Gasteiger partial charge is 0.321 e. The van der Waals surface area contributed by atoms with Gasteiger partial charge in [-0.25, -0.2) is 9.78 Å². The fourth-order valence-corrected chi connectivity index (χ4v) is 2.91. The number of piperidine rings is 1. The molecule has 1 atom stereocenters. The van der Waals surface area contributed by atoms with Crippen molar-refractivity contribution in [3.05, 3.63) is 23.4 Å². The lowest BCUT2D eigenvalue weighted by molar-refractivity contribution is -0.125. The molecule has 148 valence electrons. The van der Waals surface area contributed by atoms with E-state index in [4.69, 9.17) is 11.6 Å². The molecule has 9 heteroatoms. The quantitative estimate of drug-likeness (QED) is 0.682. The Morgan fingerprint density at radius 1 is 1.33 bits per heavy atom. The second-order valence-electron chi connectivity index (χ2n) is 7.08. The summed E-state index contributed by atoms with van der Waals surface area (Å²) < 4.78 is 0. The topological polar surface area (TPSA) is 103 Å². The summed E-state index contributed by atoms with van der Waals surface area (Å²) in [6.07, 6.45) is 3.02. The Kier molecular flexibility index (Phi) is 7.99. The van der Waals surface area contributed by atoms with E-state index in [-0.39, 0.29) is 24.3 Å². The third-order valence-corrected chi connectivity index (χ3v) is 4.37. The lowest BCUT2D eigenvalue weighted by Gasteiger charge is -2.31. The number of amides is 4. The number of hydrogen-bond donors (Lipinski definition) is 3. The van der Waals surface area contributed by atoms with E-state index in [1.807, 2.05) is 18.7 Å². The lowest BCUT2D eigenvalue weighted by Crippen LogP contribution is -2.48. The summed E-state index contributed by atoms with van der Waals surface area (Å²) in [5.74, 6) is 0.00326. The van der Waals surface area contributed by atoms with Gasteiger partial charge in [-0.1, -0.05) is 25.4 Å². The van der Waals surface area contributed by atoms with Crippen molar-refractivity contribution in [2.75, 3.05) is 31.5 Å². The normalized spacial score (nSPS) is 17.4. The van der Waals surface area contributed by atoms with Crippen molar-refractivity contribution in [1.82, 2.24) is 20.5 Å². The van der Waals surface area contributed by atoms with Crippen molar-refractivity contribution in [3.63, 3.8) is 0 Å². The summed E-state index contributed by atoms with van der Waals surface area (Å²) in [5, 5.41) is 8.23. The first-order chi connectivity index (χ1) is 12.8. The Hall–Kier alpha value is -2.19. The zero-order chi connectivity index (χ0) is 19.8. The number of nitrogens with one attached hydrogen (secondary N) is 3. The van der Waals surface area contributed by atoms with Crippen LogP contribution < -0.4 is 16.0 Å². The van der Waals surface area contributed by atoms with E-state index < -0.39 is 6.03 Å². The minimum atomic E-state index is -0.492. The van der Waals surface area contributed by atoms with Crippen LogP contribution in [0.15, 0.2) is 18.3 Å². The zero-order valence-corrected chi connectivity index (χ0v) is 16.4. The second-order valence-corrected chi connectivity index (χ2v) is 7.51. The van der Waals surface area contributed by atoms with Crippen molar-refractivity contribution in [2.45, 2.75) is 26.7 Å². The average molecular weight is 396 g/mol. The largest absolute Gasteiger partial charge is 0.338 e. The lowest BCUT2D eigenvalue weighted by atomic mass is 9.97. The molecule has 0 aliphatic carbocycles. The molecule has 2 heterocycles. The molecule has 1 aliphatic rings.